The zero-order valence-electron chi connectivity index (χ0n) is 8.88. The molecule has 0 saturated heterocycles. The van der Waals surface area contributed by atoms with Crippen LogP contribution in [0.4, 0.5) is 0 Å². The fourth-order valence-corrected chi connectivity index (χ4v) is 1.60. The standard InChI is InChI=1S/C12H18N2/c1-3-5-12(9(2)13)10-6-4-7-11(14)8-10/h3,5,7-8H,4,6,13-14H2,1-2H3/b5-3-,12-9-. The van der Waals surface area contributed by atoms with Crippen LogP contribution < -0.4 is 11.5 Å². The Morgan fingerprint density at radius 1 is 1.50 bits per heavy atom. The van der Waals surface area contributed by atoms with Gasteiger partial charge in [0, 0.05) is 11.4 Å². The maximum atomic E-state index is 5.83. The Bertz CT molecular complexity index is 326. The Kier molecular flexibility index (Phi) is 3.57. The molecule has 1 rings (SSSR count). The van der Waals surface area contributed by atoms with Crippen molar-refractivity contribution in [3.05, 3.63) is 46.8 Å². The highest BCUT2D eigenvalue weighted by Crippen LogP contribution is 2.24. The van der Waals surface area contributed by atoms with Gasteiger partial charge in [-0.25, -0.2) is 0 Å². The van der Waals surface area contributed by atoms with Gasteiger partial charge in [-0.2, -0.15) is 0 Å². The largest absolute Gasteiger partial charge is 0.402 e. The lowest BCUT2D eigenvalue weighted by molar-refractivity contribution is 0.948. The number of rotatable bonds is 2. The Morgan fingerprint density at radius 3 is 2.71 bits per heavy atom. The molecule has 2 nitrogen and oxygen atoms in total. The molecule has 1 aliphatic rings. The molecule has 0 radical (unpaired) electrons. The Balaban J connectivity index is 3.02. The fraction of sp³-hybridized carbons (Fsp3) is 0.333. The van der Waals surface area contributed by atoms with Crippen LogP contribution in [0.15, 0.2) is 46.8 Å². The molecule has 0 aromatic carbocycles. The van der Waals surface area contributed by atoms with Crippen LogP contribution >= 0.6 is 0 Å². The maximum Gasteiger partial charge on any atom is 0.0276 e. The van der Waals surface area contributed by atoms with Crippen molar-refractivity contribution in [1.82, 2.24) is 0 Å². The highest BCUT2D eigenvalue weighted by atomic mass is 14.6. The first-order valence-electron chi connectivity index (χ1n) is 4.90. The number of nitrogens with two attached hydrogens (primary N) is 2. The maximum absolute atomic E-state index is 5.83. The van der Waals surface area contributed by atoms with E-state index in [2.05, 4.69) is 0 Å². The first kappa shape index (κ1) is 10.6. The molecule has 0 amide bonds. The summed E-state index contributed by atoms with van der Waals surface area (Å²) in [6.07, 6.45) is 10.1. The normalized spacial score (nSPS) is 19.0. The van der Waals surface area contributed by atoms with Crippen LogP contribution in [0.25, 0.3) is 0 Å². The second-order valence-electron chi connectivity index (χ2n) is 3.51. The molecule has 2 heteroatoms. The van der Waals surface area contributed by atoms with E-state index in [1.807, 2.05) is 38.2 Å². The Labute approximate surface area is 85.7 Å². The topological polar surface area (TPSA) is 52.0 Å². The van der Waals surface area contributed by atoms with Crippen LogP contribution in [0.1, 0.15) is 26.7 Å². The first-order valence-corrected chi connectivity index (χ1v) is 4.90. The molecule has 0 spiro atoms. The van der Waals surface area contributed by atoms with Crippen LogP contribution in [0.3, 0.4) is 0 Å². The summed E-state index contributed by atoms with van der Waals surface area (Å²) in [5.41, 5.74) is 15.6. The van der Waals surface area contributed by atoms with Crippen LogP contribution in [0, 0.1) is 0 Å². The molecule has 0 aromatic heterocycles. The predicted octanol–water partition coefficient (Wildman–Crippen LogP) is 2.36. The van der Waals surface area contributed by atoms with E-state index in [1.165, 1.54) is 5.57 Å². The summed E-state index contributed by atoms with van der Waals surface area (Å²) in [5, 5.41) is 0. The SMILES string of the molecule is C/C=C\C(C1=CC(N)=CCC1)=C(/C)N. The van der Waals surface area contributed by atoms with Gasteiger partial charge in [0.25, 0.3) is 0 Å². The van der Waals surface area contributed by atoms with Crippen molar-refractivity contribution in [2.24, 2.45) is 11.5 Å². The van der Waals surface area contributed by atoms with Gasteiger partial charge in [0.1, 0.15) is 0 Å². The van der Waals surface area contributed by atoms with E-state index < -0.39 is 0 Å². The summed E-state index contributed by atoms with van der Waals surface area (Å²) in [5.74, 6) is 0. The molecule has 0 heterocycles. The van der Waals surface area contributed by atoms with E-state index >= 15 is 0 Å². The zero-order chi connectivity index (χ0) is 10.6. The van der Waals surface area contributed by atoms with E-state index in [-0.39, 0.29) is 0 Å². The summed E-state index contributed by atoms with van der Waals surface area (Å²) in [6.45, 7) is 3.91. The second kappa shape index (κ2) is 4.70. The van der Waals surface area contributed by atoms with Crippen molar-refractivity contribution < 1.29 is 0 Å². The van der Waals surface area contributed by atoms with Crippen molar-refractivity contribution in [2.45, 2.75) is 26.7 Å². The molecular formula is C12H18N2. The zero-order valence-corrected chi connectivity index (χ0v) is 8.88. The van der Waals surface area contributed by atoms with Crippen molar-refractivity contribution in [3.8, 4) is 0 Å². The van der Waals surface area contributed by atoms with Crippen molar-refractivity contribution in [1.29, 1.82) is 0 Å². The third-order valence-electron chi connectivity index (χ3n) is 2.24. The quantitative estimate of drug-likeness (QED) is 0.657. The van der Waals surface area contributed by atoms with Gasteiger partial charge in [0.2, 0.25) is 0 Å². The smallest absolute Gasteiger partial charge is 0.0276 e. The molecule has 0 unspecified atom stereocenters. The summed E-state index contributed by atoms with van der Waals surface area (Å²) >= 11 is 0. The lowest BCUT2D eigenvalue weighted by Crippen LogP contribution is -2.05. The van der Waals surface area contributed by atoms with E-state index in [9.17, 15) is 0 Å². The summed E-state index contributed by atoms with van der Waals surface area (Å²) in [7, 11) is 0. The molecule has 0 aromatic rings. The lowest BCUT2D eigenvalue weighted by atomic mass is 9.94. The van der Waals surface area contributed by atoms with E-state index in [1.54, 1.807) is 0 Å². The van der Waals surface area contributed by atoms with Gasteiger partial charge in [-0.05, 0) is 43.9 Å². The van der Waals surface area contributed by atoms with Crippen molar-refractivity contribution in [2.75, 3.05) is 0 Å². The van der Waals surface area contributed by atoms with Gasteiger partial charge in [-0.15, -0.1) is 0 Å². The lowest BCUT2D eigenvalue weighted by Gasteiger charge is -2.14. The highest BCUT2D eigenvalue weighted by Gasteiger charge is 2.07. The highest BCUT2D eigenvalue weighted by molar-refractivity contribution is 5.46. The minimum absolute atomic E-state index is 0.842. The average molecular weight is 190 g/mol. The van der Waals surface area contributed by atoms with Crippen LogP contribution in [-0.4, -0.2) is 0 Å². The summed E-state index contributed by atoms with van der Waals surface area (Å²) in [6, 6.07) is 0. The molecular weight excluding hydrogens is 172 g/mol. The minimum Gasteiger partial charge on any atom is -0.402 e. The molecule has 0 fully saturated rings. The second-order valence-corrected chi connectivity index (χ2v) is 3.51. The molecule has 76 valence electrons. The summed E-state index contributed by atoms with van der Waals surface area (Å²) in [4.78, 5) is 0. The Morgan fingerprint density at radius 2 is 2.21 bits per heavy atom. The molecule has 14 heavy (non-hydrogen) atoms. The Hall–Kier alpha value is -1.44. The number of hydrogen-bond acceptors (Lipinski definition) is 2. The van der Waals surface area contributed by atoms with Gasteiger partial charge >= 0.3 is 0 Å². The van der Waals surface area contributed by atoms with Gasteiger partial charge in [0.05, 0.1) is 0 Å². The average Bonchev–Trinajstić information content (AvgIpc) is 2.13. The predicted molar refractivity (Wildman–Crippen MR) is 61.3 cm³/mol. The molecule has 1 aliphatic carbocycles. The van der Waals surface area contributed by atoms with E-state index in [0.717, 1.165) is 29.8 Å². The van der Waals surface area contributed by atoms with Crippen molar-refractivity contribution >= 4 is 0 Å². The monoisotopic (exact) mass is 190 g/mol. The molecule has 0 bridgehead atoms. The van der Waals surface area contributed by atoms with E-state index in [4.69, 9.17) is 11.5 Å². The van der Waals surface area contributed by atoms with Crippen LogP contribution in [0.2, 0.25) is 0 Å². The van der Waals surface area contributed by atoms with Crippen LogP contribution in [0.5, 0.6) is 0 Å². The van der Waals surface area contributed by atoms with Gasteiger partial charge in [0.15, 0.2) is 0 Å². The number of hydrogen-bond donors (Lipinski definition) is 2. The third kappa shape index (κ3) is 2.52. The van der Waals surface area contributed by atoms with Crippen molar-refractivity contribution in [3.63, 3.8) is 0 Å². The first-order chi connectivity index (χ1) is 6.65. The fourth-order valence-electron chi connectivity index (χ4n) is 1.60. The van der Waals surface area contributed by atoms with Gasteiger partial charge in [-0.1, -0.05) is 18.2 Å². The minimum atomic E-state index is 0.842. The third-order valence-corrected chi connectivity index (χ3v) is 2.24. The van der Waals surface area contributed by atoms with E-state index in [0.29, 0.717) is 0 Å². The van der Waals surface area contributed by atoms with Crippen LogP contribution in [-0.2, 0) is 0 Å². The summed E-state index contributed by atoms with van der Waals surface area (Å²) < 4.78 is 0. The van der Waals surface area contributed by atoms with Gasteiger partial charge < -0.3 is 11.5 Å². The molecule has 0 saturated carbocycles. The molecule has 0 atom stereocenters. The molecule has 0 aliphatic heterocycles. The molecule has 4 N–H and O–H groups in total. The number of allylic oxidation sites excluding steroid dienone is 7. The van der Waals surface area contributed by atoms with Gasteiger partial charge in [-0.3, -0.25) is 0 Å².